The number of ether oxygens (including phenoxy) is 1. The van der Waals surface area contributed by atoms with Gasteiger partial charge in [-0.2, -0.15) is 0 Å². The van der Waals surface area contributed by atoms with Gasteiger partial charge in [0.25, 0.3) is 0 Å². The molecule has 0 saturated carbocycles. The zero-order chi connectivity index (χ0) is 19.2. The standard InChI is InChI=1S/C18H21F3N4O/c1-25(2)15-7-3-13(4-8-15)11-23-17(22)24-12-14-5-9-16(10-6-14)26-18(19,20)21/h3-10H,11-12H2,1-2H3,(H3,22,23,24). The molecule has 2 aromatic rings. The molecule has 0 heterocycles. The van der Waals surface area contributed by atoms with Gasteiger partial charge in [0.1, 0.15) is 5.75 Å². The Labute approximate surface area is 150 Å². The van der Waals surface area contributed by atoms with Gasteiger partial charge in [-0.15, -0.1) is 13.2 Å². The summed E-state index contributed by atoms with van der Waals surface area (Å²) >= 11 is 0. The van der Waals surface area contributed by atoms with E-state index in [9.17, 15) is 13.2 Å². The van der Waals surface area contributed by atoms with Crippen LogP contribution < -0.4 is 20.7 Å². The van der Waals surface area contributed by atoms with E-state index in [0.29, 0.717) is 6.54 Å². The van der Waals surface area contributed by atoms with Crippen LogP contribution in [0, 0.1) is 0 Å². The lowest BCUT2D eigenvalue weighted by molar-refractivity contribution is -0.274. The second-order valence-corrected chi connectivity index (χ2v) is 5.81. The zero-order valence-electron chi connectivity index (χ0n) is 14.5. The normalized spacial score (nSPS) is 12.0. The van der Waals surface area contributed by atoms with E-state index < -0.39 is 6.36 Å². The maximum atomic E-state index is 12.1. The van der Waals surface area contributed by atoms with Crippen molar-refractivity contribution in [2.24, 2.45) is 10.7 Å². The fourth-order valence-electron chi connectivity index (χ4n) is 2.13. The number of nitrogens with zero attached hydrogens (tertiary/aromatic N) is 2. The van der Waals surface area contributed by atoms with E-state index in [0.717, 1.165) is 16.8 Å². The van der Waals surface area contributed by atoms with Crippen molar-refractivity contribution in [2.45, 2.75) is 19.5 Å². The van der Waals surface area contributed by atoms with Gasteiger partial charge in [0.15, 0.2) is 5.96 Å². The lowest BCUT2D eigenvalue weighted by atomic mass is 10.2. The number of guanidine groups is 1. The highest BCUT2D eigenvalue weighted by molar-refractivity contribution is 5.77. The van der Waals surface area contributed by atoms with Crippen LogP contribution in [0.4, 0.5) is 18.9 Å². The minimum absolute atomic E-state index is 0.255. The Kier molecular flexibility index (Phi) is 6.32. The van der Waals surface area contributed by atoms with Gasteiger partial charge in [0, 0.05) is 26.3 Å². The lowest BCUT2D eigenvalue weighted by Crippen LogP contribution is -2.31. The quantitative estimate of drug-likeness (QED) is 0.609. The molecule has 5 nitrogen and oxygen atoms in total. The number of halogens is 3. The van der Waals surface area contributed by atoms with E-state index in [1.54, 1.807) is 0 Å². The highest BCUT2D eigenvalue weighted by Gasteiger charge is 2.30. The molecule has 0 fully saturated rings. The third kappa shape index (κ3) is 6.54. The summed E-state index contributed by atoms with van der Waals surface area (Å²) in [7, 11) is 3.94. The van der Waals surface area contributed by atoms with Crippen LogP contribution >= 0.6 is 0 Å². The number of hydrogen-bond donors (Lipinski definition) is 2. The first-order valence-electron chi connectivity index (χ1n) is 7.88. The first-order valence-corrected chi connectivity index (χ1v) is 7.88. The highest BCUT2D eigenvalue weighted by Crippen LogP contribution is 2.22. The molecule has 0 atom stereocenters. The van der Waals surface area contributed by atoms with Gasteiger partial charge in [-0.05, 0) is 35.4 Å². The van der Waals surface area contributed by atoms with E-state index in [4.69, 9.17) is 5.73 Å². The average Bonchev–Trinajstić information content (AvgIpc) is 2.58. The van der Waals surface area contributed by atoms with Crippen LogP contribution in [0.15, 0.2) is 53.5 Å². The molecule has 3 N–H and O–H groups in total. The molecule has 0 aliphatic rings. The van der Waals surface area contributed by atoms with E-state index >= 15 is 0 Å². The summed E-state index contributed by atoms with van der Waals surface area (Å²) in [5.41, 5.74) is 8.70. The Hall–Kier alpha value is -2.90. The number of hydrogen-bond acceptors (Lipinski definition) is 3. The molecule has 0 bridgehead atoms. The number of benzene rings is 2. The van der Waals surface area contributed by atoms with Gasteiger partial charge < -0.3 is 20.7 Å². The molecular weight excluding hydrogens is 345 g/mol. The topological polar surface area (TPSA) is 62.9 Å². The lowest BCUT2D eigenvalue weighted by Gasteiger charge is -2.13. The number of aliphatic imine (C=N–C) groups is 1. The number of alkyl halides is 3. The van der Waals surface area contributed by atoms with Gasteiger partial charge >= 0.3 is 6.36 Å². The molecule has 0 aliphatic carbocycles. The minimum Gasteiger partial charge on any atom is -0.406 e. The Morgan fingerprint density at radius 3 is 2.15 bits per heavy atom. The second kappa shape index (κ2) is 8.46. The molecule has 0 aromatic heterocycles. The maximum absolute atomic E-state index is 12.1. The van der Waals surface area contributed by atoms with Crippen molar-refractivity contribution in [2.75, 3.05) is 19.0 Å². The summed E-state index contributed by atoms with van der Waals surface area (Å²) < 4.78 is 40.1. The van der Waals surface area contributed by atoms with Gasteiger partial charge in [-0.25, -0.2) is 4.99 Å². The van der Waals surface area contributed by atoms with Crippen molar-refractivity contribution in [3.8, 4) is 5.75 Å². The van der Waals surface area contributed by atoms with E-state index in [1.165, 1.54) is 24.3 Å². The van der Waals surface area contributed by atoms with E-state index in [2.05, 4.69) is 15.0 Å². The van der Waals surface area contributed by atoms with Crippen LogP contribution in [0.1, 0.15) is 11.1 Å². The van der Waals surface area contributed by atoms with Gasteiger partial charge in [0.05, 0.1) is 6.54 Å². The molecule has 26 heavy (non-hydrogen) atoms. The van der Waals surface area contributed by atoms with Gasteiger partial charge in [0.2, 0.25) is 0 Å². The molecule has 2 rings (SSSR count). The molecule has 0 amide bonds. The van der Waals surface area contributed by atoms with Crippen molar-refractivity contribution < 1.29 is 17.9 Å². The molecule has 0 unspecified atom stereocenters. The summed E-state index contributed by atoms with van der Waals surface area (Å²) in [6.07, 6.45) is -4.70. The van der Waals surface area contributed by atoms with Crippen molar-refractivity contribution >= 4 is 11.6 Å². The minimum atomic E-state index is -4.70. The fraction of sp³-hybridized carbons (Fsp3) is 0.278. The maximum Gasteiger partial charge on any atom is 0.573 e. The number of nitrogens with two attached hydrogens (primary N) is 1. The van der Waals surface area contributed by atoms with Crippen LogP contribution in [0.3, 0.4) is 0 Å². The largest absolute Gasteiger partial charge is 0.573 e. The average molecular weight is 366 g/mol. The Morgan fingerprint density at radius 2 is 1.62 bits per heavy atom. The first-order chi connectivity index (χ1) is 12.2. The predicted molar refractivity (Wildman–Crippen MR) is 96.1 cm³/mol. The molecule has 8 heteroatoms. The third-order valence-electron chi connectivity index (χ3n) is 3.52. The summed E-state index contributed by atoms with van der Waals surface area (Å²) in [5, 5.41) is 3.00. The summed E-state index contributed by atoms with van der Waals surface area (Å²) in [5.74, 6) is -0.00481. The van der Waals surface area contributed by atoms with Gasteiger partial charge in [-0.1, -0.05) is 24.3 Å². The molecule has 0 aliphatic heterocycles. The van der Waals surface area contributed by atoms with E-state index in [1.807, 2.05) is 43.3 Å². The van der Waals surface area contributed by atoms with E-state index in [-0.39, 0.29) is 18.3 Å². The number of anilines is 1. The van der Waals surface area contributed by atoms with Crippen molar-refractivity contribution in [1.82, 2.24) is 5.32 Å². The Balaban J connectivity index is 1.84. The molecule has 0 radical (unpaired) electrons. The Bertz CT molecular complexity index is 726. The van der Waals surface area contributed by atoms with Crippen molar-refractivity contribution in [3.05, 3.63) is 59.7 Å². The van der Waals surface area contributed by atoms with Crippen LogP contribution in [0.5, 0.6) is 5.75 Å². The number of nitrogens with one attached hydrogen (secondary N) is 1. The molecule has 2 aromatic carbocycles. The highest BCUT2D eigenvalue weighted by atomic mass is 19.4. The zero-order valence-corrected chi connectivity index (χ0v) is 14.5. The molecule has 140 valence electrons. The molecular formula is C18H21F3N4O. The molecule has 0 saturated heterocycles. The SMILES string of the molecule is CN(C)c1ccc(CNC(N)=NCc2ccc(OC(F)(F)F)cc2)cc1. The Morgan fingerprint density at radius 1 is 1.04 bits per heavy atom. The van der Waals surface area contributed by atoms with Gasteiger partial charge in [-0.3, -0.25) is 0 Å². The third-order valence-corrected chi connectivity index (χ3v) is 3.52. The van der Waals surface area contributed by atoms with Crippen LogP contribution in [0.25, 0.3) is 0 Å². The van der Waals surface area contributed by atoms with Crippen LogP contribution in [-0.2, 0) is 13.1 Å². The number of rotatable bonds is 6. The summed E-state index contributed by atoms with van der Waals surface area (Å²) in [6.45, 7) is 0.784. The fourth-order valence-corrected chi connectivity index (χ4v) is 2.13. The molecule has 0 spiro atoms. The smallest absolute Gasteiger partial charge is 0.406 e. The first kappa shape index (κ1) is 19.4. The second-order valence-electron chi connectivity index (χ2n) is 5.81. The predicted octanol–water partition coefficient (Wildman–Crippen LogP) is 3.26. The monoisotopic (exact) mass is 366 g/mol. The van der Waals surface area contributed by atoms with Crippen LogP contribution in [0.2, 0.25) is 0 Å². The van der Waals surface area contributed by atoms with Crippen molar-refractivity contribution in [3.63, 3.8) is 0 Å². The summed E-state index contributed by atoms with van der Waals surface area (Å²) in [6, 6.07) is 13.5. The van der Waals surface area contributed by atoms with Crippen molar-refractivity contribution in [1.29, 1.82) is 0 Å². The summed E-state index contributed by atoms with van der Waals surface area (Å²) in [4.78, 5) is 6.18. The van der Waals surface area contributed by atoms with Crippen LogP contribution in [-0.4, -0.2) is 26.4 Å².